The number of rotatable bonds is 5. The van der Waals surface area contributed by atoms with Crippen molar-refractivity contribution in [3.8, 4) is 0 Å². The van der Waals surface area contributed by atoms with Crippen LogP contribution in [0.2, 0.25) is 5.02 Å². The van der Waals surface area contributed by atoms with Gasteiger partial charge in [0.15, 0.2) is 0 Å². The highest BCUT2D eigenvalue weighted by atomic mass is 35.5. The van der Waals surface area contributed by atoms with E-state index in [-0.39, 0.29) is 36.1 Å². The molecule has 2 aromatic rings. The number of likely N-dealkylation sites (N-methyl/N-ethyl adjacent to an activating group) is 1. The summed E-state index contributed by atoms with van der Waals surface area (Å²) in [4.78, 5) is 27.0. The minimum Gasteiger partial charge on any atom is -0.336 e. The number of hydrogen-bond donors (Lipinski definition) is 0. The Hall–Kier alpha value is -2.73. The van der Waals surface area contributed by atoms with Gasteiger partial charge in [0, 0.05) is 30.0 Å². The quantitative estimate of drug-likeness (QED) is 0.709. The molecule has 0 unspecified atom stereocenters. The summed E-state index contributed by atoms with van der Waals surface area (Å²) in [5, 5.41) is 6.46. The van der Waals surface area contributed by atoms with Gasteiger partial charge in [-0.1, -0.05) is 48.4 Å². The highest BCUT2D eigenvalue weighted by Gasteiger charge is 2.35. The first-order valence-corrected chi connectivity index (χ1v) is 10.5. The van der Waals surface area contributed by atoms with Crippen molar-refractivity contribution in [3.63, 3.8) is 0 Å². The molecule has 30 heavy (non-hydrogen) atoms. The van der Waals surface area contributed by atoms with Crippen LogP contribution in [0.5, 0.6) is 0 Å². The van der Waals surface area contributed by atoms with Crippen LogP contribution < -0.4 is 0 Å². The van der Waals surface area contributed by atoms with Crippen molar-refractivity contribution < 1.29 is 14.0 Å². The zero-order valence-electron chi connectivity index (χ0n) is 16.7. The Morgan fingerprint density at radius 1 is 1.17 bits per heavy atom. The summed E-state index contributed by atoms with van der Waals surface area (Å²) in [6.45, 7) is -0.0620. The average molecular weight is 428 g/mol. The fourth-order valence-electron chi connectivity index (χ4n) is 3.86. The van der Waals surface area contributed by atoms with Crippen molar-refractivity contribution in [1.29, 1.82) is 0 Å². The van der Waals surface area contributed by atoms with E-state index in [1.165, 1.54) is 16.0 Å². The molecule has 5 nitrogen and oxygen atoms in total. The van der Waals surface area contributed by atoms with Crippen LogP contribution in [0.15, 0.2) is 53.6 Å². The molecule has 1 heterocycles. The van der Waals surface area contributed by atoms with E-state index < -0.39 is 0 Å². The first kappa shape index (κ1) is 20.5. The van der Waals surface area contributed by atoms with Gasteiger partial charge in [-0.2, -0.15) is 5.10 Å². The van der Waals surface area contributed by atoms with Crippen LogP contribution in [0.1, 0.15) is 42.9 Å². The van der Waals surface area contributed by atoms with E-state index in [0.29, 0.717) is 22.7 Å². The lowest BCUT2D eigenvalue weighted by Gasteiger charge is -2.30. The van der Waals surface area contributed by atoms with Gasteiger partial charge in [-0.15, -0.1) is 0 Å². The normalized spacial score (nSPS) is 18.7. The second kappa shape index (κ2) is 8.56. The maximum atomic E-state index is 14.3. The number of hydrogen-bond acceptors (Lipinski definition) is 3. The molecule has 0 bridgehead atoms. The van der Waals surface area contributed by atoms with Crippen molar-refractivity contribution in [1.82, 2.24) is 9.91 Å². The zero-order valence-corrected chi connectivity index (χ0v) is 17.5. The van der Waals surface area contributed by atoms with Crippen LogP contribution >= 0.6 is 11.6 Å². The summed E-state index contributed by atoms with van der Waals surface area (Å²) in [6, 6.07) is 13.2. The maximum absolute atomic E-state index is 14.3. The van der Waals surface area contributed by atoms with Crippen LogP contribution in [-0.2, 0) is 9.59 Å². The Morgan fingerprint density at radius 3 is 2.50 bits per heavy atom. The van der Waals surface area contributed by atoms with Crippen molar-refractivity contribution in [2.45, 2.75) is 31.7 Å². The molecule has 4 rings (SSSR count). The smallest absolute Gasteiger partial charge is 0.262 e. The minimum atomic E-state index is -0.378. The molecule has 0 spiro atoms. The third-order valence-corrected chi connectivity index (χ3v) is 6.06. The van der Waals surface area contributed by atoms with Gasteiger partial charge in [-0.05, 0) is 36.6 Å². The number of benzene rings is 2. The van der Waals surface area contributed by atoms with Crippen LogP contribution in [-0.4, -0.2) is 41.0 Å². The summed E-state index contributed by atoms with van der Waals surface area (Å²) < 4.78 is 14.3. The van der Waals surface area contributed by atoms with Gasteiger partial charge in [0.2, 0.25) is 5.91 Å². The summed E-state index contributed by atoms with van der Waals surface area (Å²) in [5.41, 5.74) is 1.75. The molecule has 156 valence electrons. The predicted molar refractivity (Wildman–Crippen MR) is 114 cm³/mol. The zero-order chi connectivity index (χ0) is 21.3. The van der Waals surface area contributed by atoms with Gasteiger partial charge in [0.05, 0.1) is 11.8 Å². The Bertz CT molecular complexity index is 988. The molecule has 1 fully saturated rings. The highest BCUT2D eigenvalue weighted by Crippen LogP contribution is 2.34. The largest absolute Gasteiger partial charge is 0.336 e. The standard InChI is InChI=1S/C23H23ClFN3O2/c1-27(23(30)16-5-4-6-16)14-22(29)28-21(15-9-11-17(24)12-10-15)13-20(26-28)18-7-2-3-8-19(18)25/h2-3,7-12,16,21H,4-6,13-14H2,1H3/t21-/m1/s1. The molecule has 1 aliphatic carbocycles. The third-order valence-electron chi connectivity index (χ3n) is 5.81. The molecule has 0 N–H and O–H groups in total. The lowest BCUT2D eigenvalue weighted by Crippen LogP contribution is -2.42. The Morgan fingerprint density at radius 2 is 1.87 bits per heavy atom. The van der Waals surface area contributed by atoms with Crippen LogP contribution in [0.3, 0.4) is 0 Å². The third kappa shape index (κ3) is 4.10. The summed E-state index contributed by atoms with van der Waals surface area (Å²) in [6.07, 6.45) is 3.20. The van der Waals surface area contributed by atoms with Gasteiger partial charge >= 0.3 is 0 Å². The lowest BCUT2D eigenvalue weighted by atomic mass is 9.84. The highest BCUT2D eigenvalue weighted by molar-refractivity contribution is 6.30. The van der Waals surface area contributed by atoms with E-state index in [4.69, 9.17) is 11.6 Å². The average Bonchev–Trinajstić information content (AvgIpc) is 3.12. The van der Waals surface area contributed by atoms with Gasteiger partial charge in [-0.3, -0.25) is 9.59 Å². The second-order valence-corrected chi connectivity index (χ2v) is 8.29. The number of amides is 2. The molecule has 2 amide bonds. The van der Waals surface area contributed by atoms with Gasteiger partial charge in [0.25, 0.3) is 5.91 Å². The van der Waals surface area contributed by atoms with Crippen LogP contribution in [0.25, 0.3) is 0 Å². The van der Waals surface area contributed by atoms with Crippen molar-refractivity contribution in [3.05, 3.63) is 70.5 Å². The summed E-state index contributed by atoms with van der Waals surface area (Å²) in [7, 11) is 1.65. The monoisotopic (exact) mass is 427 g/mol. The molecule has 7 heteroatoms. The van der Waals surface area contributed by atoms with Crippen molar-refractivity contribution in [2.24, 2.45) is 11.0 Å². The molecule has 0 radical (unpaired) electrons. The minimum absolute atomic E-state index is 0.00449. The van der Waals surface area contributed by atoms with E-state index in [9.17, 15) is 14.0 Å². The number of carbonyl (C=O) groups excluding carboxylic acids is 2. The molecular formula is C23H23ClFN3O2. The number of carbonyl (C=O) groups is 2. The summed E-state index contributed by atoms with van der Waals surface area (Å²) >= 11 is 6.01. The van der Waals surface area contributed by atoms with Crippen molar-refractivity contribution in [2.75, 3.05) is 13.6 Å². The van der Waals surface area contributed by atoms with E-state index >= 15 is 0 Å². The maximum Gasteiger partial charge on any atom is 0.262 e. The fourth-order valence-corrected chi connectivity index (χ4v) is 3.99. The van der Waals surface area contributed by atoms with E-state index in [1.54, 1.807) is 37.4 Å². The van der Waals surface area contributed by atoms with E-state index in [0.717, 1.165) is 24.8 Å². The molecular weight excluding hydrogens is 405 g/mol. The Labute approximate surface area is 180 Å². The first-order chi connectivity index (χ1) is 14.4. The number of hydrazone groups is 1. The van der Waals surface area contributed by atoms with Crippen LogP contribution in [0.4, 0.5) is 4.39 Å². The van der Waals surface area contributed by atoms with E-state index in [2.05, 4.69) is 5.10 Å². The molecule has 1 aliphatic heterocycles. The SMILES string of the molecule is CN(CC(=O)N1N=C(c2ccccc2F)C[C@@H]1c1ccc(Cl)cc1)C(=O)C1CCC1. The molecule has 2 aromatic carbocycles. The number of halogens is 2. The lowest BCUT2D eigenvalue weighted by molar-refractivity contribution is -0.144. The second-order valence-electron chi connectivity index (χ2n) is 7.86. The van der Waals surface area contributed by atoms with Gasteiger partial charge < -0.3 is 4.90 Å². The molecule has 0 aromatic heterocycles. The fraction of sp³-hybridized carbons (Fsp3) is 0.348. The number of nitrogens with zero attached hydrogens (tertiary/aromatic N) is 3. The topological polar surface area (TPSA) is 53.0 Å². The first-order valence-electron chi connectivity index (χ1n) is 10.1. The Balaban J connectivity index is 1.59. The summed E-state index contributed by atoms with van der Waals surface area (Å²) in [5.74, 6) is -0.657. The predicted octanol–water partition coefficient (Wildman–Crippen LogP) is 4.42. The van der Waals surface area contributed by atoms with Gasteiger partial charge in [-0.25, -0.2) is 9.40 Å². The molecule has 1 saturated carbocycles. The van der Waals surface area contributed by atoms with E-state index in [1.807, 2.05) is 12.1 Å². The molecule has 0 saturated heterocycles. The molecule has 1 atom stereocenters. The van der Waals surface area contributed by atoms with Crippen LogP contribution in [0, 0.1) is 11.7 Å². The van der Waals surface area contributed by atoms with Crippen molar-refractivity contribution >= 4 is 29.1 Å². The molecule has 2 aliphatic rings. The Kier molecular flexibility index (Phi) is 5.86. The van der Waals surface area contributed by atoms with Gasteiger partial charge in [0.1, 0.15) is 12.4 Å².